The lowest BCUT2D eigenvalue weighted by molar-refractivity contribution is 0.180. The molecule has 0 radical (unpaired) electrons. The van der Waals surface area contributed by atoms with Crippen LogP contribution in [0.5, 0.6) is 0 Å². The lowest BCUT2D eigenvalue weighted by atomic mass is 10.1. The second-order valence-corrected chi connectivity index (χ2v) is 10.4. The van der Waals surface area contributed by atoms with E-state index in [0.717, 1.165) is 61.7 Å². The molecule has 2 aromatic heterocycles. The predicted octanol–water partition coefficient (Wildman–Crippen LogP) is 7.49. The number of pyridine rings is 2. The highest BCUT2D eigenvalue weighted by Gasteiger charge is 2.14. The summed E-state index contributed by atoms with van der Waals surface area (Å²) in [5.74, 6) is 0. The highest BCUT2D eigenvalue weighted by molar-refractivity contribution is 5.79. The molecule has 4 heteroatoms. The second-order valence-electron chi connectivity index (χ2n) is 10.4. The topological polar surface area (TPSA) is 32.3 Å². The maximum absolute atomic E-state index is 4.98. The summed E-state index contributed by atoms with van der Waals surface area (Å²) in [5.41, 5.74) is 6.92. The van der Waals surface area contributed by atoms with E-state index in [1.54, 1.807) is 0 Å². The van der Waals surface area contributed by atoms with Gasteiger partial charge < -0.3 is 0 Å². The van der Waals surface area contributed by atoms with Crippen LogP contribution >= 0.6 is 0 Å². The van der Waals surface area contributed by atoms with E-state index in [-0.39, 0.29) is 0 Å². The van der Waals surface area contributed by atoms with Crippen LogP contribution in [0.2, 0.25) is 0 Å². The number of hydrogen-bond donors (Lipinski definition) is 0. The van der Waals surface area contributed by atoms with Gasteiger partial charge in [0.1, 0.15) is 0 Å². The van der Waals surface area contributed by atoms with Gasteiger partial charge in [-0.05, 0) is 35.4 Å². The quantitative estimate of drug-likeness (QED) is 0.176. The van der Waals surface area contributed by atoms with Crippen LogP contribution in [0.1, 0.15) is 22.5 Å². The molecule has 2 heterocycles. The van der Waals surface area contributed by atoms with Crippen LogP contribution in [-0.4, -0.2) is 32.9 Å². The summed E-state index contributed by atoms with van der Waals surface area (Å²) >= 11 is 0. The molecule has 0 atom stereocenters. The van der Waals surface area contributed by atoms with Gasteiger partial charge in [0.15, 0.2) is 0 Å². The van der Waals surface area contributed by atoms with E-state index in [2.05, 4.69) is 143 Å². The van der Waals surface area contributed by atoms with Gasteiger partial charge in [-0.2, -0.15) is 0 Å². The first-order chi connectivity index (χ1) is 19.8. The molecule has 0 fully saturated rings. The SMILES string of the molecule is c1ccc(CN(CCN(Cc2ccccc2)Cc2ccc3ccccc3n2)Cc2ccc3ccccc3n2)cc1. The number of fused-ring (bicyclic) bond motifs is 2. The van der Waals surface area contributed by atoms with Gasteiger partial charge in [0.2, 0.25) is 0 Å². The Balaban J connectivity index is 1.23. The molecule has 6 rings (SSSR count). The molecule has 0 amide bonds. The van der Waals surface area contributed by atoms with E-state index in [4.69, 9.17) is 9.97 Å². The first kappa shape index (κ1) is 25.9. The molecule has 0 saturated carbocycles. The summed E-state index contributed by atoms with van der Waals surface area (Å²) in [6, 6.07) is 46.9. The van der Waals surface area contributed by atoms with Gasteiger partial charge in [-0.25, -0.2) is 0 Å². The molecule has 0 aliphatic heterocycles. The van der Waals surface area contributed by atoms with Gasteiger partial charge >= 0.3 is 0 Å². The Kier molecular flexibility index (Phi) is 8.18. The molecule has 6 aromatic rings. The number of nitrogens with zero attached hydrogens (tertiary/aromatic N) is 4. The van der Waals surface area contributed by atoms with Crippen molar-refractivity contribution in [1.82, 2.24) is 19.8 Å². The van der Waals surface area contributed by atoms with E-state index in [0.29, 0.717) is 0 Å². The van der Waals surface area contributed by atoms with E-state index in [1.807, 2.05) is 0 Å². The Hall–Kier alpha value is -4.38. The number of rotatable bonds is 11. The van der Waals surface area contributed by atoms with E-state index < -0.39 is 0 Å². The normalized spacial score (nSPS) is 11.6. The van der Waals surface area contributed by atoms with Crippen molar-refractivity contribution in [2.24, 2.45) is 0 Å². The lowest BCUT2D eigenvalue weighted by Crippen LogP contribution is -2.34. The summed E-state index contributed by atoms with van der Waals surface area (Å²) in [6.45, 7) is 5.19. The Morgan fingerprint density at radius 1 is 0.375 bits per heavy atom. The van der Waals surface area contributed by atoms with Crippen molar-refractivity contribution in [1.29, 1.82) is 0 Å². The van der Waals surface area contributed by atoms with Crippen molar-refractivity contribution in [2.45, 2.75) is 26.2 Å². The molecule has 0 bridgehead atoms. The zero-order valence-corrected chi connectivity index (χ0v) is 22.7. The van der Waals surface area contributed by atoms with E-state index >= 15 is 0 Å². The third-order valence-electron chi connectivity index (χ3n) is 7.31. The minimum atomic E-state index is 0.799. The molecule has 4 aromatic carbocycles. The minimum Gasteiger partial charge on any atom is -0.292 e. The van der Waals surface area contributed by atoms with Crippen molar-refractivity contribution < 1.29 is 0 Å². The molecule has 0 unspecified atom stereocenters. The zero-order valence-electron chi connectivity index (χ0n) is 22.7. The molecule has 0 N–H and O–H groups in total. The predicted molar refractivity (Wildman–Crippen MR) is 165 cm³/mol. The second kappa shape index (κ2) is 12.6. The Morgan fingerprint density at radius 3 is 1.23 bits per heavy atom. The fourth-order valence-corrected chi connectivity index (χ4v) is 5.24. The number of para-hydroxylation sites is 2. The Bertz CT molecular complexity index is 1540. The first-order valence-electron chi connectivity index (χ1n) is 14.0. The molecular weight excluding hydrogens is 488 g/mol. The summed E-state index contributed by atoms with van der Waals surface area (Å²) in [4.78, 5) is 15.0. The van der Waals surface area contributed by atoms with Gasteiger partial charge in [0.25, 0.3) is 0 Å². The molecule has 0 aliphatic carbocycles. The van der Waals surface area contributed by atoms with Crippen LogP contribution in [0.25, 0.3) is 21.8 Å². The number of hydrogen-bond acceptors (Lipinski definition) is 4. The Labute approximate surface area is 236 Å². The summed E-state index contributed by atoms with van der Waals surface area (Å²) < 4.78 is 0. The monoisotopic (exact) mass is 522 g/mol. The fourth-order valence-electron chi connectivity index (χ4n) is 5.24. The van der Waals surface area contributed by atoms with Gasteiger partial charge in [-0.3, -0.25) is 19.8 Å². The van der Waals surface area contributed by atoms with Gasteiger partial charge in [0, 0.05) is 50.0 Å². The molecule has 40 heavy (non-hydrogen) atoms. The summed E-state index contributed by atoms with van der Waals surface area (Å²) in [7, 11) is 0. The largest absolute Gasteiger partial charge is 0.292 e. The van der Waals surface area contributed by atoms with Gasteiger partial charge in [-0.15, -0.1) is 0 Å². The highest BCUT2D eigenvalue weighted by Crippen LogP contribution is 2.17. The van der Waals surface area contributed by atoms with Crippen LogP contribution in [0.15, 0.2) is 133 Å². The fraction of sp³-hybridized carbons (Fsp3) is 0.167. The smallest absolute Gasteiger partial charge is 0.0705 e. The Morgan fingerprint density at radius 2 is 0.775 bits per heavy atom. The molecule has 0 spiro atoms. The van der Waals surface area contributed by atoms with E-state index in [9.17, 15) is 0 Å². The molecular formula is C36H34N4. The van der Waals surface area contributed by atoms with Crippen molar-refractivity contribution >= 4 is 21.8 Å². The van der Waals surface area contributed by atoms with Crippen molar-refractivity contribution in [3.63, 3.8) is 0 Å². The van der Waals surface area contributed by atoms with Crippen molar-refractivity contribution in [3.05, 3.63) is 156 Å². The standard InChI is InChI=1S/C36H34N4/c1-3-11-29(12-4-1)25-39(27-33-21-19-31-15-7-9-17-35(31)37-33)23-24-40(26-30-13-5-2-6-14-30)28-34-22-20-32-16-8-10-18-36(32)38-34/h1-22H,23-28H2. The van der Waals surface area contributed by atoms with Crippen LogP contribution in [-0.2, 0) is 26.2 Å². The van der Waals surface area contributed by atoms with Crippen LogP contribution in [0.3, 0.4) is 0 Å². The van der Waals surface area contributed by atoms with Crippen molar-refractivity contribution in [2.75, 3.05) is 13.1 Å². The number of benzene rings is 4. The summed E-state index contributed by atoms with van der Waals surface area (Å²) in [5, 5.41) is 2.36. The third kappa shape index (κ3) is 6.78. The maximum atomic E-state index is 4.98. The third-order valence-corrected chi connectivity index (χ3v) is 7.31. The van der Waals surface area contributed by atoms with Crippen LogP contribution in [0, 0.1) is 0 Å². The first-order valence-corrected chi connectivity index (χ1v) is 14.0. The molecule has 0 aliphatic rings. The van der Waals surface area contributed by atoms with Gasteiger partial charge in [0.05, 0.1) is 22.4 Å². The number of aromatic nitrogens is 2. The molecule has 4 nitrogen and oxygen atoms in total. The average Bonchev–Trinajstić information content (AvgIpc) is 3.00. The highest BCUT2D eigenvalue weighted by atomic mass is 15.2. The van der Waals surface area contributed by atoms with Crippen molar-refractivity contribution in [3.8, 4) is 0 Å². The zero-order chi connectivity index (χ0) is 27.0. The van der Waals surface area contributed by atoms with E-state index in [1.165, 1.54) is 21.9 Å². The average molecular weight is 523 g/mol. The summed E-state index contributed by atoms with van der Waals surface area (Å²) in [6.07, 6.45) is 0. The maximum Gasteiger partial charge on any atom is 0.0705 e. The molecule has 0 saturated heterocycles. The molecule has 198 valence electrons. The van der Waals surface area contributed by atoms with Crippen LogP contribution in [0.4, 0.5) is 0 Å². The van der Waals surface area contributed by atoms with Gasteiger partial charge in [-0.1, -0.05) is 109 Å². The van der Waals surface area contributed by atoms with Crippen LogP contribution < -0.4 is 0 Å². The lowest BCUT2D eigenvalue weighted by Gasteiger charge is -2.28. The minimum absolute atomic E-state index is 0.799.